The zero-order chi connectivity index (χ0) is 19.6. The molecule has 0 atom stereocenters. The van der Waals surface area contributed by atoms with E-state index >= 15 is 0 Å². The number of benzene rings is 2. The molecule has 0 spiro atoms. The van der Waals surface area contributed by atoms with E-state index in [0.29, 0.717) is 23.7 Å². The van der Waals surface area contributed by atoms with E-state index in [1.54, 1.807) is 31.6 Å². The van der Waals surface area contributed by atoms with Crippen LogP contribution in [0.25, 0.3) is 0 Å². The van der Waals surface area contributed by atoms with Crippen molar-refractivity contribution >= 4 is 17.8 Å². The monoisotopic (exact) mass is 376 g/mol. The van der Waals surface area contributed by atoms with Crippen LogP contribution in [0.1, 0.15) is 5.56 Å². The molecule has 142 valence electrons. The fraction of sp³-hybridized carbons (Fsp3) is 0.0952. The molecule has 0 saturated carbocycles. The average Bonchev–Trinajstić information content (AvgIpc) is 2.74. The number of hydrogen-bond acceptors (Lipinski definition) is 6. The molecule has 7 nitrogen and oxygen atoms in total. The Morgan fingerprint density at radius 3 is 2.54 bits per heavy atom. The van der Waals surface area contributed by atoms with Gasteiger partial charge in [-0.15, -0.1) is 0 Å². The summed E-state index contributed by atoms with van der Waals surface area (Å²) in [6, 6.07) is 18.2. The maximum atomic E-state index is 11.9. The van der Waals surface area contributed by atoms with Crippen LogP contribution < -0.4 is 20.3 Å². The predicted octanol–water partition coefficient (Wildman–Crippen LogP) is 3.41. The van der Waals surface area contributed by atoms with Gasteiger partial charge in [0.2, 0.25) is 0 Å². The molecule has 2 N–H and O–H groups in total. The van der Waals surface area contributed by atoms with E-state index in [4.69, 9.17) is 9.47 Å². The quantitative estimate of drug-likeness (QED) is 0.465. The SMILES string of the molecule is COc1ccc(Oc2cccc(N=CC(=O)NNCc3ccncc3)c2)cc1. The van der Waals surface area contributed by atoms with Crippen LogP contribution in [0.5, 0.6) is 17.2 Å². The largest absolute Gasteiger partial charge is 0.497 e. The Kier molecular flexibility index (Phi) is 6.70. The number of aromatic nitrogens is 1. The molecule has 0 aliphatic rings. The first kappa shape index (κ1) is 19.1. The minimum Gasteiger partial charge on any atom is -0.497 e. The van der Waals surface area contributed by atoms with E-state index in [1.807, 2.05) is 48.5 Å². The second-order valence-corrected chi connectivity index (χ2v) is 5.73. The maximum absolute atomic E-state index is 11.9. The summed E-state index contributed by atoms with van der Waals surface area (Å²) in [7, 11) is 1.61. The van der Waals surface area contributed by atoms with Gasteiger partial charge in [-0.2, -0.15) is 0 Å². The summed E-state index contributed by atoms with van der Waals surface area (Å²) in [5, 5.41) is 0. The number of nitrogens with zero attached hydrogens (tertiary/aromatic N) is 2. The molecular weight excluding hydrogens is 356 g/mol. The fourth-order valence-electron chi connectivity index (χ4n) is 2.31. The van der Waals surface area contributed by atoms with Crippen molar-refractivity contribution in [2.45, 2.75) is 6.54 Å². The van der Waals surface area contributed by atoms with E-state index in [1.165, 1.54) is 6.21 Å². The Bertz CT molecular complexity index is 928. The van der Waals surface area contributed by atoms with Crippen molar-refractivity contribution in [1.29, 1.82) is 0 Å². The molecule has 0 radical (unpaired) electrons. The van der Waals surface area contributed by atoms with Gasteiger partial charge in [0.05, 0.1) is 19.0 Å². The Morgan fingerprint density at radius 2 is 1.79 bits per heavy atom. The van der Waals surface area contributed by atoms with Crippen molar-refractivity contribution in [3.63, 3.8) is 0 Å². The van der Waals surface area contributed by atoms with Gasteiger partial charge in [0.15, 0.2) is 0 Å². The first-order valence-corrected chi connectivity index (χ1v) is 8.61. The highest BCUT2D eigenvalue weighted by Gasteiger charge is 2.01. The number of amides is 1. The maximum Gasteiger partial charge on any atom is 0.276 e. The van der Waals surface area contributed by atoms with Crippen LogP contribution >= 0.6 is 0 Å². The zero-order valence-electron chi connectivity index (χ0n) is 15.3. The average molecular weight is 376 g/mol. The lowest BCUT2D eigenvalue weighted by Crippen LogP contribution is -2.37. The standard InChI is InChI=1S/C21H20N4O3/c1-27-18-5-7-19(8-6-18)28-20-4-2-3-17(13-20)23-15-21(26)25-24-14-16-9-11-22-12-10-16/h2-13,15,24H,14H2,1H3,(H,25,26). The minimum absolute atomic E-state index is 0.351. The molecule has 1 aromatic heterocycles. The van der Waals surface area contributed by atoms with Gasteiger partial charge in [-0.3, -0.25) is 20.2 Å². The van der Waals surface area contributed by atoms with Crippen molar-refractivity contribution in [1.82, 2.24) is 15.8 Å². The summed E-state index contributed by atoms with van der Waals surface area (Å²) in [5.41, 5.74) is 7.02. The number of methoxy groups -OCH3 is 1. The number of pyridine rings is 1. The summed E-state index contributed by atoms with van der Waals surface area (Å²) in [5.74, 6) is 1.71. The molecule has 2 aromatic carbocycles. The highest BCUT2D eigenvalue weighted by Crippen LogP contribution is 2.26. The topological polar surface area (TPSA) is 84.8 Å². The van der Waals surface area contributed by atoms with Gasteiger partial charge in [0, 0.05) is 25.0 Å². The van der Waals surface area contributed by atoms with E-state index in [0.717, 1.165) is 11.3 Å². The van der Waals surface area contributed by atoms with E-state index in [2.05, 4.69) is 20.8 Å². The molecule has 0 aliphatic carbocycles. The zero-order valence-corrected chi connectivity index (χ0v) is 15.3. The first-order valence-electron chi connectivity index (χ1n) is 8.61. The number of carbonyl (C=O) groups is 1. The van der Waals surface area contributed by atoms with Crippen molar-refractivity contribution in [2.24, 2.45) is 4.99 Å². The Morgan fingerprint density at radius 1 is 1.04 bits per heavy atom. The van der Waals surface area contributed by atoms with Crippen molar-refractivity contribution in [3.8, 4) is 17.2 Å². The minimum atomic E-state index is -0.351. The van der Waals surface area contributed by atoms with Crippen molar-refractivity contribution in [3.05, 3.63) is 78.6 Å². The van der Waals surface area contributed by atoms with Gasteiger partial charge < -0.3 is 9.47 Å². The van der Waals surface area contributed by atoms with Crippen LogP contribution in [-0.2, 0) is 11.3 Å². The van der Waals surface area contributed by atoms with Crippen LogP contribution in [0.15, 0.2) is 78.0 Å². The molecule has 28 heavy (non-hydrogen) atoms. The summed E-state index contributed by atoms with van der Waals surface area (Å²) in [4.78, 5) is 20.0. The van der Waals surface area contributed by atoms with Gasteiger partial charge in [0.25, 0.3) is 5.91 Å². The van der Waals surface area contributed by atoms with Crippen LogP contribution in [0.2, 0.25) is 0 Å². The van der Waals surface area contributed by atoms with E-state index in [9.17, 15) is 4.79 Å². The summed E-state index contributed by atoms with van der Waals surface area (Å²) < 4.78 is 10.9. The van der Waals surface area contributed by atoms with Crippen molar-refractivity contribution < 1.29 is 14.3 Å². The molecule has 3 rings (SSSR count). The van der Waals surface area contributed by atoms with Gasteiger partial charge in [0.1, 0.15) is 17.2 Å². The number of ether oxygens (including phenoxy) is 2. The molecule has 0 aliphatic heterocycles. The summed E-state index contributed by atoms with van der Waals surface area (Å²) in [6.07, 6.45) is 4.61. The van der Waals surface area contributed by atoms with Gasteiger partial charge >= 0.3 is 0 Å². The van der Waals surface area contributed by atoms with E-state index in [-0.39, 0.29) is 5.91 Å². The lowest BCUT2D eigenvalue weighted by Gasteiger charge is -2.07. The van der Waals surface area contributed by atoms with Crippen LogP contribution in [0.3, 0.4) is 0 Å². The van der Waals surface area contributed by atoms with Crippen molar-refractivity contribution in [2.75, 3.05) is 7.11 Å². The predicted molar refractivity (Wildman–Crippen MR) is 107 cm³/mol. The number of carbonyl (C=O) groups excluding carboxylic acids is 1. The van der Waals surface area contributed by atoms with Gasteiger partial charge in [-0.25, -0.2) is 5.43 Å². The smallest absolute Gasteiger partial charge is 0.276 e. The molecule has 0 fully saturated rings. The Hall–Kier alpha value is -3.71. The summed E-state index contributed by atoms with van der Waals surface area (Å²) >= 11 is 0. The Labute approximate surface area is 163 Å². The number of hydrazine groups is 1. The Balaban J connectivity index is 1.52. The normalized spacial score (nSPS) is 10.6. The number of nitrogens with one attached hydrogen (secondary N) is 2. The lowest BCUT2D eigenvalue weighted by atomic mass is 10.3. The van der Waals surface area contributed by atoms with Crippen LogP contribution in [-0.4, -0.2) is 24.2 Å². The second-order valence-electron chi connectivity index (χ2n) is 5.73. The molecular formula is C21H20N4O3. The van der Waals surface area contributed by atoms with Crippen LogP contribution in [0.4, 0.5) is 5.69 Å². The highest BCUT2D eigenvalue weighted by atomic mass is 16.5. The van der Waals surface area contributed by atoms with Gasteiger partial charge in [-0.1, -0.05) is 6.07 Å². The van der Waals surface area contributed by atoms with E-state index < -0.39 is 0 Å². The molecule has 3 aromatic rings. The number of hydrogen-bond donors (Lipinski definition) is 2. The number of aliphatic imine (C=N–C) groups is 1. The third-order valence-corrected chi connectivity index (χ3v) is 3.70. The molecule has 1 heterocycles. The fourth-order valence-corrected chi connectivity index (χ4v) is 2.31. The van der Waals surface area contributed by atoms with Gasteiger partial charge in [-0.05, 0) is 54.1 Å². The molecule has 0 unspecified atom stereocenters. The molecule has 1 amide bonds. The molecule has 0 saturated heterocycles. The lowest BCUT2D eigenvalue weighted by molar-refractivity contribution is -0.115. The van der Waals surface area contributed by atoms with Crippen LogP contribution in [0, 0.1) is 0 Å². The summed E-state index contributed by atoms with van der Waals surface area (Å²) in [6.45, 7) is 0.493. The molecule has 0 bridgehead atoms. The third kappa shape index (κ3) is 5.93. The highest BCUT2D eigenvalue weighted by molar-refractivity contribution is 6.26. The molecule has 7 heteroatoms. The second kappa shape index (κ2) is 9.84. The number of rotatable bonds is 8. The first-order chi connectivity index (χ1) is 13.7. The third-order valence-electron chi connectivity index (χ3n) is 3.70.